The third-order valence-electron chi connectivity index (χ3n) is 11.7. The number of esters is 3. The molecule has 0 aromatic heterocycles. The average molecular weight is 845 g/mol. The topological polar surface area (TPSA) is 78.9 Å². The normalized spacial score (nSPS) is 12.1. The van der Waals surface area contributed by atoms with Gasteiger partial charge in [-0.1, -0.05) is 218 Å². The van der Waals surface area contributed by atoms with E-state index in [2.05, 4.69) is 45.1 Å². The minimum atomic E-state index is -0.770. The van der Waals surface area contributed by atoms with Gasteiger partial charge in [0, 0.05) is 19.3 Å². The molecule has 0 aliphatic rings. The monoisotopic (exact) mass is 845 g/mol. The van der Waals surface area contributed by atoms with E-state index in [1.807, 2.05) is 0 Å². The Bertz CT molecular complexity index is 973. The Morgan fingerprint density at radius 3 is 0.867 bits per heavy atom. The van der Waals surface area contributed by atoms with E-state index in [0.29, 0.717) is 19.3 Å². The van der Waals surface area contributed by atoms with E-state index < -0.39 is 6.10 Å². The Kier molecular flexibility index (Phi) is 47.8. The number of unbranched alkanes of at least 4 members (excludes halogenated alkanes) is 33. The molecule has 1 atom stereocenters. The minimum absolute atomic E-state index is 0.0716. The van der Waals surface area contributed by atoms with Crippen molar-refractivity contribution in [1.29, 1.82) is 0 Å². The number of carbonyl (C=O) groups excluding carboxylic acids is 3. The zero-order valence-corrected chi connectivity index (χ0v) is 40.2. The number of ether oxygens (including phenoxy) is 3. The van der Waals surface area contributed by atoms with E-state index in [1.165, 1.54) is 180 Å². The molecule has 6 nitrogen and oxygen atoms in total. The highest BCUT2D eigenvalue weighted by Crippen LogP contribution is 2.15. The van der Waals surface area contributed by atoms with E-state index in [4.69, 9.17) is 14.2 Å². The minimum Gasteiger partial charge on any atom is -0.462 e. The summed E-state index contributed by atoms with van der Waals surface area (Å²) in [6, 6.07) is 0. The first kappa shape index (κ1) is 57.9. The van der Waals surface area contributed by atoms with Gasteiger partial charge in [0.05, 0.1) is 0 Å². The van der Waals surface area contributed by atoms with Crippen molar-refractivity contribution in [2.75, 3.05) is 13.2 Å². The summed E-state index contributed by atoms with van der Waals surface area (Å²) in [6.07, 6.45) is 55.9. The van der Waals surface area contributed by atoms with Crippen LogP contribution in [0.25, 0.3) is 0 Å². The van der Waals surface area contributed by atoms with Crippen LogP contribution in [0.15, 0.2) is 24.3 Å². The van der Waals surface area contributed by atoms with Gasteiger partial charge in [-0.3, -0.25) is 14.4 Å². The summed E-state index contributed by atoms with van der Waals surface area (Å²) in [6.45, 7) is 6.62. The highest BCUT2D eigenvalue weighted by molar-refractivity contribution is 5.71. The van der Waals surface area contributed by atoms with Crippen LogP contribution < -0.4 is 0 Å². The van der Waals surface area contributed by atoms with Crippen molar-refractivity contribution >= 4 is 17.9 Å². The fraction of sp³-hybridized carbons (Fsp3) is 0.870. The molecule has 0 N–H and O–H groups in total. The molecule has 0 heterocycles. The molecule has 6 heteroatoms. The van der Waals surface area contributed by atoms with Gasteiger partial charge in [-0.2, -0.15) is 0 Å². The molecule has 0 saturated carbocycles. The molecule has 60 heavy (non-hydrogen) atoms. The molecule has 0 aromatic rings. The smallest absolute Gasteiger partial charge is 0.306 e. The third-order valence-corrected chi connectivity index (χ3v) is 11.7. The second kappa shape index (κ2) is 49.5. The molecule has 0 rings (SSSR count). The highest BCUT2D eigenvalue weighted by atomic mass is 16.6. The van der Waals surface area contributed by atoms with Crippen LogP contribution in [0, 0.1) is 0 Å². The summed E-state index contributed by atoms with van der Waals surface area (Å²) in [5, 5.41) is 0. The molecular weight excluding hydrogens is 745 g/mol. The summed E-state index contributed by atoms with van der Waals surface area (Å²) >= 11 is 0. The Hall–Kier alpha value is -2.11. The van der Waals surface area contributed by atoms with Gasteiger partial charge >= 0.3 is 17.9 Å². The van der Waals surface area contributed by atoms with Crippen molar-refractivity contribution in [3.05, 3.63) is 24.3 Å². The number of hydrogen-bond donors (Lipinski definition) is 0. The molecule has 1 unspecified atom stereocenters. The van der Waals surface area contributed by atoms with Crippen molar-refractivity contribution in [3.8, 4) is 0 Å². The second-order valence-electron chi connectivity index (χ2n) is 17.8. The van der Waals surface area contributed by atoms with Crippen molar-refractivity contribution in [2.24, 2.45) is 0 Å². The molecule has 0 fully saturated rings. The number of allylic oxidation sites excluding steroid dienone is 4. The maximum Gasteiger partial charge on any atom is 0.306 e. The van der Waals surface area contributed by atoms with E-state index in [9.17, 15) is 14.4 Å². The maximum atomic E-state index is 12.8. The molecule has 0 spiro atoms. The molecule has 0 saturated heterocycles. The van der Waals surface area contributed by atoms with E-state index in [-0.39, 0.29) is 31.1 Å². The fourth-order valence-electron chi connectivity index (χ4n) is 7.67. The number of carbonyl (C=O) groups is 3. The first-order chi connectivity index (χ1) is 29.5. The lowest BCUT2D eigenvalue weighted by atomic mass is 10.1. The van der Waals surface area contributed by atoms with Gasteiger partial charge in [0.1, 0.15) is 13.2 Å². The molecule has 0 aliphatic carbocycles. The fourth-order valence-corrected chi connectivity index (χ4v) is 7.67. The van der Waals surface area contributed by atoms with Crippen LogP contribution in [-0.2, 0) is 28.6 Å². The zero-order valence-electron chi connectivity index (χ0n) is 40.2. The van der Waals surface area contributed by atoms with Gasteiger partial charge in [-0.15, -0.1) is 0 Å². The molecule has 352 valence electrons. The van der Waals surface area contributed by atoms with Gasteiger partial charge < -0.3 is 14.2 Å². The molecule has 0 bridgehead atoms. The lowest BCUT2D eigenvalue weighted by Crippen LogP contribution is -2.30. The summed E-state index contributed by atoms with van der Waals surface area (Å²) in [5.74, 6) is -0.872. The highest BCUT2D eigenvalue weighted by Gasteiger charge is 2.19. The van der Waals surface area contributed by atoms with Gasteiger partial charge in [0.25, 0.3) is 0 Å². The average Bonchev–Trinajstić information content (AvgIpc) is 3.24. The molecule has 0 radical (unpaired) electrons. The van der Waals surface area contributed by atoms with Gasteiger partial charge in [-0.25, -0.2) is 0 Å². The summed E-state index contributed by atoms with van der Waals surface area (Å²) in [7, 11) is 0. The van der Waals surface area contributed by atoms with Crippen LogP contribution in [0.5, 0.6) is 0 Å². The Labute approximate surface area is 373 Å². The van der Waals surface area contributed by atoms with Crippen LogP contribution in [0.1, 0.15) is 284 Å². The summed E-state index contributed by atoms with van der Waals surface area (Å²) in [5.41, 5.74) is 0. The van der Waals surface area contributed by atoms with Gasteiger partial charge in [0.15, 0.2) is 6.10 Å². The first-order valence-corrected chi connectivity index (χ1v) is 26.3. The van der Waals surface area contributed by atoms with E-state index >= 15 is 0 Å². The second-order valence-corrected chi connectivity index (χ2v) is 17.8. The number of hydrogen-bond acceptors (Lipinski definition) is 6. The van der Waals surface area contributed by atoms with Crippen LogP contribution in [-0.4, -0.2) is 37.2 Å². The van der Waals surface area contributed by atoms with E-state index in [1.54, 1.807) is 0 Å². The predicted molar refractivity (Wildman–Crippen MR) is 256 cm³/mol. The quantitative estimate of drug-likeness (QED) is 0.0263. The van der Waals surface area contributed by atoms with Crippen LogP contribution in [0.4, 0.5) is 0 Å². The maximum absolute atomic E-state index is 12.8. The molecule has 0 aromatic carbocycles. The van der Waals surface area contributed by atoms with Crippen molar-refractivity contribution in [3.63, 3.8) is 0 Å². The standard InChI is InChI=1S/C54H100O6/c1-4-7-10-13-16-19-22-24-25-26-27-28-29-30-33-35-38-41-44-47-53(56)59-50-51(49-58-52(55)46-43-40-37-34-31-21-18-15-12-9-6-3)60-54(57)48-45-42-39-36-32-23-20-17-14-11-8-5-2/h17,20,24-25,51H,4-16,18-19,21-23,26-50H2,1-3H3/b20-17-,25-24-. The SMILES string of the molecule is CCCCC/C=C\CCCCCCCC(=O)OC(COC(=O)CCCCCCCCCCC/C=C\CCCCCCCC)COC(=O)CCCCCCCCCCCCC. The lowest BCUT2D eigenvalue weighted by Gasteiger charge is -2.18. The van der Waals surface area contributed by atoms with Crippen molar-refractivity contribution in [1.82, 2.24) is 0 Å². The van der Waals surface area contributed by atoms with Crippen molar-refractivity contribution in [2.45, 2.75) is 290 Å². The summed E-state index contributed by atoms with van der Waals surface area (Å²) < 4.78 is 16.8. The Morgan fingerprint density at radius 1 is 0.317 bits per heavy atom. The first-order valence-electron chi connectivity index (χ1n) is 26.3. The largest absolute Gasteiger partial charge is 0.462 e. The molecule has 0 amide bonds. The zero-order chi connectivity index (χ0) is 43.7. The summed E-state index contributed by atoms with van der Waals surface area (Å²) in [4.78, 5) is 37.9. The third kappa shape index (κ3) is 46.9. The van der Waals surface area contributed by atoms with Gasteiger partial charge in [0.2, 0.25) is 0 Å². The lowest BCUT2D eigenvalue weighted by molar-refractivity contribution is -0.167. The van der Waals surface area contributed by atoms with E-state index in [0.717, 1.165) is 64.2 Å². The predicted octanol–water partition coefficient (Wildman–Crippen LogP) is 17.2. The van der Waals surface area contributed by atoms with Crippen LogP contribution in [0.2, 0.25) is 0 Å². The van der Waals surface area contributed by atoms with Gasteiger partial charge in [-0.05, 0) is 70.6 Å². The Morgan fingerprint density at radius 2 is 0.550 bits per heavy atom. The number of rotatable bonds is 48. The van der Waals surface area contributed by atoms with Crippen LogP contribution in [0.3, 0.4) is 0 Å². The molecular formula is C54H100O6. The molecule has 0 aliphatic heterocycles. The van der Waals surface area contributed by atoms with Crippen LogP contribution >= 0.6 is 0 Å². The van der Waals surface area contributed by atoms with Crippen molar-refractivity contribution < 1.29 is 28.6 Å². The Balaban J connectivity index is 4.28.